The zero-order chi connectivity index (χ0) is 46.4. The molecule has 7 atom stereocenters. The molecule has 8 aromatic rings. The van der Waals surface area contributed by atoms with E-state index in [1.165, 1.54) is 6.33 Å². The average molecular weight is 924 g/mol. The highest BCUT2D eigenvalue weighted by Crippen LogP contribution is 2.53. The van der Waals surface area contributed by atoms with E-state index in [0.717, 1.165) is 69.2 Å². The second kappa shape index (κ2) is 18.1. The number of fused-ring (bicyclic) bond motifs is 5. The summed E-state index contributed by atoms with van der Waals surface area (Å²) in [6, 6.07) is 44.3. The van der Waals surface area contributed by atoms with Crippen LogP contribution in [0.2, 0.25) is 0 Å². The molecule has 0 spiro atoms. The van der Waals surface area contributed by atoms with Gasteiger partial charge in [-0.25, -0.2) is 15.0 Å². The lowest BCUT2D eigenvalue weighted by Crippen LogP contribution is -2.44. The van der Waals surface area contributed by atoms with Gasteiger partial charge < -0.3 is 48.4 Å². The molecule has 0 aliphatic carbocycles. The largest absolute Gasteiger partial charge is 0.497 e. The van der Waals surface area contributed by atoms with Gasteiger partial charge in [-0.05, 0) is 91.1 Å². The van der Waals surface area contributed by atoms with Crippen molar-refractivity contribution >= 4 is 17.0 Å². The molecule has 12 rings (SSSR count). The zero-order valence-corrected chi connectivity index (χ0v) is 38.0. The van der Waals surface area contributed by atoms with Gasteiger partial charge in [0.05, 0.1) is 20.5 Å². The molecule has 2 saturated heterocycles. The van der Waals surface area contributed by atoms with Crippen LogP contribution in [0, 0.1) is 0 Å². The molecule has 6 aromatic carbocycles. The Hall–Kier alpha value is -7.65. The molecule has 14 nitrogen and oxygen atoms in total. The van der Waals surface area contributed by atoms with Crippen LogP contribution in [0.3, 0.4) is 0 Å². The molecule has 0 radical (unpaired) electrons. The third-order valence-corrected chi connectivity index (χ3v) is 13.5. The molecule has 0 bridgehead atoms. The molecule has 3 unspecified atom stereocenters. The first-order valence-corrected chi connectivity index (χ1v) is 23.2. The summed E-state index contributed by atoms with van der Waals surface area (Å²) in [5.74, 6) is 5.47. The van der Waals surface area contributed by atoms with Gasteiger partial charge in [0.1, 0.15) is 76.7 Å². The average Bonchev–Trinajstić information content (AvgIpc) is 3.98. The van der Waals surface area contributed by atoms with Crippen LogP contribution in [0.15, 0.2) is 146 Å². The first kappa shape index (κ1) is 42.7. The lowest BCUT2D eigenvalue weighted by atomic mass is 9.82. The number of ether oxygens (including phenoxy) is 9. The first-order chi connectivity index (χ1) is 34.0. The van der Waals surface area contributed by atoms with E-state index >= 15 is 0 Å². The Bertz CT molecular complexity index is 3140. The third-order valence-electron chi connectivity index (χ3n) is 13.5. The minimum absolute atomic E-state index is 0.0556. The molecule has 2 N–H and O–H groups in total. The van der Waals surface area contributed by atoms with E-state index in [4.69, 9.17) is 48.4 Å². The number of anilines is 1. The topological polar surface area (TPSA) is 153 Å². The summed E-state index contributed by atoms with van der Waals surface area (Å²) in [7, 11) is 3.34. The smallest absolute Gasteiger partial charge is 0.167 e. The molecule has 2 fully saturated rings. The fourth-order valence-electron chi connectivity index (χ4n) is 10.2. The zero-order valence-electron chi connectivity index (χ0n) is 38.0. The minimum Gasteiger partial charge on any atom is -0.497 e. The summed E-state index contributed by atoms with van der Waals surface area (Å²) in [5.41, 5.74) is 13.2. The molecular weight excluding hydrogens is 875 g/mol. The van der Waals surface area contributed by atoms with Gasteiger partial charge in [-0.3, -0.25) is 4.57 Å². The van der Waals surface area contributed by atoms with Crippen molar-refractivity contribution in [2.75, 3.05) is 33.2 Å². The van der Waals surface area contributed by atoms with Crippen LogP contribution in [0.5, 0.6) is 46.0 Å². The number of rotatable bonds is 12. The number of imidazole rings is 1. The Morgan fingerprint density at radius 1 is 0.638 bits per heavy atom. The third kappa shape index (κ3) is 7.80. The van der Waals surface area contributed by atoms with Crippen molar-refractivity contribution in [3.8, 4) is 46.0 Å². The van der Waals surface area contributed by atoms with Crippen molar-refractivity contribution in [1.82, 2.24) is 19.5 Å². The van der Waals surface area contributed by atoms with E-state index in [1.807, 2.05) is 102 Å². The maximum atomic E-state index is 7.46. The summed E-state index contributed by atoms with van der Waals surface area (Å²) in [6.45, 7) is 0.630. The van der Waals surface area contributed by atoms with Crippen LogP contribution in [0.4, 0.5) is 5.82 Å². The van der Waals surface area contributed by atoms with E-state index in [2.05, 4.69) is 51.4 Å². The Labute approximate surface area is 398 Å². The maximum Gasteiger partial charge on any atom is 0.167 e. The highest BCUT2D eigenvalue weighted by atomic mass is 16.7. The Morgan fingerprint density at radius 2 is 1.25 bits per heavy atom. The number of benzene rings is 6. The van der Waals surface area contributed by atoms with Gasteiger partial charge >= 0.3 is 0 Å². The number of hydrogen-bond donors (Lipinski definition) is 1. The highest BCUT2D eigenvalue weighted by molar-refractivity contribution is 5.81. The molecule has 4 aliphatic rings. The van der Waals surface area contributed by atoms with Crippen molar-refractivity contribution in [2.45, 2.75) is 61.9 Å². The summed E-state index contributed by atoms with van der Waals surface area (Å²) < 4.78 is 61.3. The predicted molar refractivity (Wildman–Crippen MR) is 256 cm³/mol. The fraction of sp³-hybridized carbons (Fsp3) is 0.255. The number of methoxy groups -OCH3 is 2. The van der Waals surface area contributed by atoms with Crippen LogP contribution in [0.25, 0.3) is 11.2 Å². The van der Waals surface area contributed by atoms with Crippen LogP contribution >= 0.6 is 0 Å². The van der Waals surface area contributed by atoms with Crippen LogP contribution in [-0.2, 0) is 14.2 Å². The first-order valence-electron chi connectivity index (χ1n) is 23.2. The van der Waals surface area contributed by atoms with Crippen molar-refractivity contribution < 1.29 is 42.6 Å². The summed E-state index contributed by atoms with van der Waals surface area (Å²) in [5, 5.41) is 0. The minimum atomic E-state index is -0.811. The predicted octanol–water partition coefficient (Wildman–Crippen LogP) is 10.3. The van der Waals surface area contributed by atoms with Gasteiger partial charge in [0.25, 0.3) is 0 Å². The monoisotopic (exact) mass is 923 g/mol. The van der Waals surface area contributed by atoms with E-state index in [9.17, 15) is 0 Å². The standard InChI is InChI=1S/C55H49N5O9/c1-61-34-24-20-32(21-25-34)46-36-11-3-5-13-38(36)65-41-16-9-15-40(48(41)46)64-29-44-51(52(69-45-19-7-8-28-63-45)55(68-44)60-31-59-50-53(56)57-30-58-54(50)60)67-43-18-10-17-42-49(43)47(33-22-26-35(62-2)27-23-33)37-12-4-6-14-39(37)66-42/h3-6,9-18,20-27,30-31,44-47,51-52,55H,7-8,19,28-29H2,1-2H3,(H2,56,57,58)/t44-,45?,46?,47?,51-,52-,55-/m1/s1. The van der Waals surface area contributed by atoms with E-state index in [0.29, 0.717) is 47.2 Å². The maximum absolute atomic E-state index is 7.46. The lowest BCUT2D eigenvalue weighted by Gasteiger charge is -2.34. The van der Waals surface area contributed by atoms with Gasteiger partial charge in [0.15, 0.2) is 30.1 Å². The van der Waals surface area contributed by atoms with Crippen LogP contribution in [-0.4, -0.2) is 71.6 Å². The van der Waals surface area contributed by atoms with E-state index in [-0.39, 0.29) is 24.3 Å². The second-order valence-electron chi connectivity index (χ2n) is 17.5. The number of para-hydroxylation sites is 2. The molecule has 2 aromatic heterocycles. The SMILES string of the molecule is COc1ccc(C2c3ccccc3Oc3cccc(OC[C@H]4O[C@@H](n5cnc6c(N)ncnc65)[C@H](OC5CCCCO5)[C@@H]4Oc4cccc5c4C(c4ccc(OC)cc4)c4ccccc4O5)c32)cc1. The normalized spacial score (nSPS) is 22.3. The van der Waals surface area contributed by atoms with E-state index in [1.54, 1.807) is 20.5 Å². The molecule has 6 heterocycles. The van der Waals surface area contributed by atoms with Gasteiger partial charge in [-0.15, -0.1) is 0 Å². The summed E-state index contributed by atoms with van der Waals surface area (Å²) in [6.07, 6.45) is 2.05. The Balaban J connectivity index is 0.970. The number of nitrogen functional groups attached to an aromatic ring is 1. The van der Waals surface area contributed by atoms with Gasteiger partial charge in [0, 0.05) is 40.7 Å². The number of hydrogen-bond acceptors (Lipinski definition) is 13. The number of nitrogens with two attached hydrogens (primary N) is 1. The molecule has 14 heteroatoms. The summed E-state index contributed by atoms with van der Waals surface area (Å²) in [4.78, 5) is 13.5. The van der Waals surface area contributed by atoms with Crippen LogP contribution in [0.1, 0.15) is 70.7 Å². The molecule has 348 valence electrons. The van der Waals surface area contributed by atoms with Crippen molar-refractivity contribution in [1.29, 1.82) is 0 Å². The number of nitrogens with zero attached hydrogens (tertiary/aromatic N) is 4. The van der Waals surface area contributed by atoms with Gasteiger partial charge in [-0.1, -0.05) is 72.8 Å². The Kier molecular flexibility index (Phi) is 11.2. The van der Waals surface area contributed by atoms with Crippen molar-refractivity contribution in [3.63, 3.8) is 0 Å². The van der Waals surface area contributed by atoms with Crippen molar-refractivity contribution in [3.05, 3.63) is 179 Å². The Morgan fingerprint density at radius 3 is 1.87 bits per heavy atom. The molecule has 0 amide bonds. The van der Waals surface area contributed by atoms with Crippen LogP contribution < -0.4 is 34.2 Å². The lowest BCUT2D eigenvalue weighted by molar-refractivity contribution is -0.213. The number of aromatic nitrogens is 4. The molecule has 69 heavy (non-hydrogen) atoms. The van der Waals surface area contributed by atoms with E-state index < -0.39 is 30.8 Å². The van der Waals surface area contributed by atoms with Crippen molar-refractivity contribution in [2.24, 2.45) is 0 Å². The molecule has 0 saturated carbocycles. The molecule has 4 aliphatic heterocycles. The second-order valence-corrected chi connectivity index (χ2v) is 17.5. The quantitative estimate of drug-likeness (QED) is 0.124. The van der Waals surface area contributed by atoms with Gasteiger partial charge in [-0.2, -0.15) is 0 Å². The van der Waals surface area contributed by atoms with Gasteiger partial charge in [0.2, 0.25) is 0 Å². The molecular formula is C55H49N5O9. The highest BCUT2D eigenvalue weighted by Gasteiger charge is 2.51. The summed E-state index contributed by atoms with van der Waals surface area (Å²) >= 11 is 0. The fourth-order valence-corrected chi connectivity index (χ4v) is 10.2.